The van der Waals surface area contributed by atoms with Gasteiger partial charge in [0.1, 0.15) is 6.61 Å². The number of esters is 2. The van der Waals surface area contributed by atoms with Crippen LogP contribution in [0.5, 0.6) is 0 Å². The zero-order valence-electron chi connectivity index (χ0n) is 50.3. The van der Waals surface area contributed by atoms with Crippen molar-refractivity contribution in [3.8, 4) is 0 Å². The van der Waals surface area contributed by atoms with Gasteiger partial charge in [0, 0.05) is 12.8 Å². The number of carbonyl (C=O) groups is 2. The van der Waals surface area contributed by atoms with Crippen molar-refractivity contribution < 1.29 is 24.2 Å². The standard InChI is InChI=1S/C71H124O5/c1-3-5-7-9-11-13-15-17-19-21-23-25-27-29-31-33-34-35-36-38-39-41-43-45-47-49-51-53-55-57-59-61-63-65-70(73)75-68-69(67-72)76-71(74)66-64-62-60-58-56-54-52-50-48-46-44-42-40-37-32-30-28-26-24-22-20-18-16-14-12-10-8-6-4-2/h6,8,12,14-15,17-18,20-21,23-24,26,30,32,40,42,69,72H,3-5,7,9-11,13,16,19,22,25,27-29,31,33-39,41,43-68H2,1-2H3/b8-6-,14-12-,17-15-,20-18-,23-21-,26-24-,32-30-,42-40-. The van der Waals surface area contributed by atoms with Crippen LogP contribution >= 0.6 is 0 Å². The molecule has 1 N–H and O–H groups in total. The smallest absolute Gasteiger partial charge is 0.306 e. The number of rotatable bonds is 60. The molecule has 0 aromatic rings. The Kier molecular flexibility index (Phi) is 63.3. The molecule has 5 heteroatoms. The fraction of sp³-hybridized carbons (Fsp3) is 0.746. The van der Waals surface area contributed by atoms with Crippen LogP contribution in [0.2, 0.25) is 0 Å². The summed E-state index contributed by atoms with van der Waals surface area (Å²) in [5.41, 5.74) is 0. The Balaban J connectivity index is 3.46. The molecular weight excluding hydrogens is 933 g/mol. The Morgan fingerprint density at radius 1 is 0.316 bits per heavy atom. The fourth-order valence-electron chi connectivity index (χ4n) is 9.47. The van der Waals surface area contributed by atoms with Gasteiger partial charge in [-0.05, 0) is 96.3 Å². The highest BCUT2D eigenvalue weighted by atomic mass is 16.6. The maximum absolute atomic E-state index is 12.3. The lowest BCUT2D eigenvalue weighted by atomic mass is 10.0. The van der Waals surface area contributed by atoms with Crippen molar-refractivity contribution in [3.05, 3.63) is 97.2 Å². The third-order valence-corrected chi connectivity index (χ3v) is 14.4. The highest BCUT2D eigenvalue weighted by Gasteiger charge is 2.16. The Morgan fingerprint density at radius 2 is 0.566 bits per heavy atom. The third-order valence-electron chi connectivity index (χ3n) is 14.4. The van der Waals surface area contributed by atoms with Crippen LogP contribution in [0.15, 0.2) is 97.2 Å². The van der Waals surface area contributed by atoms with Crippen molar-refractivity contribution in [1.82, 2.24) is 0 Å². The van der Waals surface area contributed by atoms with Gasteiger partial charge in [-0.1, -0.05) is 310 Å². The topological polar surface area (TPSA) is 72.8 Å². The molecule has 76 heavy (non-hydrogen) atoms. The van der Waals surface area contributed by atoms with Gasteiger partial charge in [-0.2, -0.15) is 0 Å². The zero-order valence-corrected chi connectivity index (χ0v) is 50.3. The summed E-state index contributed by atoms with van der Waals surface area (Å²) in [6.45, 7) is 4.04. The van der Waals surface area contributed by atoms with Gasteiger partial charge in [-0.15, -0.1) is 0 Å². The summed E-state index contributed by atoms with van der Waals surface area (Å²) in [5, 5.41) is 9.69. The van der Waals surface area contributed by atoms with Gasteiger partial charge in [0.2, 0.25) is 0 Å². The summed E-state index contributed by atoms with van der Waals surface area (Å²) < 4.78 is 10.7. The van der Waals surface area contributed by atoms with E-state index < -0.39 is 6.10 Å². The van der Waals surface area contributed by atoms with E-state index in [4.69, 9.17) is 9.47 Å². The molecule has 0 radical (unpaired) electrons. The molecule has 0 aliphatic heterocycles. The van der Waals surface area contributed by atoms with Crippen LogP contribution in [0.3, 0.4) is 0 Å². The molecule has 0 spiro atoms. The molecule has 0 bridgehead atoms. The SMILES string of the molecule is CC/C=C\C/C=C\C/C=C\C/C=C\C/C=C\C/C=C\CCCCCCCCCCCCC(=O)OC(CO)COC(=O)CCCCCCCCCCCCCCCCCCCCCCC/C=C\C/C=C\CCCCCCC. The average molecular weight is 1060 g/mol. The highest BCUT2D eigenvalue weighted by Crippen LogP contribution is 2.17. The number of ether oxygens (including phenoxy) is 2. The number of hydrogen-bond donors (Lipinski definition) is 1. The first-order valence-electron chi connectivity index (χ1n) is 32.8. The van der Waals surface area contributed by atoms with Crippen LogP contribution in [0.4, 0.5) is 0 Å². The van der Waals surface area contributed by atoms with Crippen molar-refractivity contribution in [2.75, 3.05) is 13.2 Å². The van der Waals surface area contributed by atoms with Crippen LogP contribution in [-0.2, 0) is 19.1 Å². The largest absolute Gasteiger partial charge is 0.462 e. The maximum Gasteiger partial charge on any atom is 0.306 e. The van der Waals surface area contributed by atoms with E-state index in [1.165, 1.54) is 212 Å². The first-order valence-corrected chi connectivity index (χ1v) is 32.8. The molecule has 0 amide bonds. The summed E-state index contributed by atoms with van der Waals surface area (Å²) in [7, 11) is 0. The van der Waals surface area contributed by atoms with Crippen LogP contribution in [0.1, 0.15) is 322 Å². The molecule has 0 aliphatic rings. The minimum Gasteiger partial charge on any atom is -0.462 e. The minimum atomic E-state index is -0.780. The number of hydrogen-bond acceptors (Lipinski definition) is 5. The molecule has 438 valence electrons. The van der Waals surface area contributed by atoms with E-state index in [-0.39, 0.29) is 25.2 Å². The van der Waals surface area contributed by atoms with E-state index in [0.717, 1.165) is 83.5 Å². The van der Waals surface area contributed by atoms with E-state index in [1.54, 1.807) is 0 Å². The molecule has 0 aromatic carbocycles. The number of allylic oxidation sites excluding steroid dienone is 16. The second-order valence-corrected chi connectivity index (χ2v) is 21.8. The van der Waals surface area contributed by atoms with Crippen molar-refractivity contribution in [2.24, 2.45) is 0 Å². The first-order chi connectivity index (χ1) is 37.6. The first kappa shape index (κ1) is 72.8. The molecular formula is C71H124O5. The number of unbranched alkanes of at least 4 members (excludes halogenated alkanes) is 36. The molecule has 0 saturated heterocycles. The monoisotopic (exact) mass is 1060 g/mol. The van der Waals surface area contributed by atoms with Crippen LogP contribution in [-0.4, -0.2) is 36.4 Å². The predicted molar refractivity (Wildman–Crippen MR) is 334 cm³/mol. The second-order valence-electron chi connectivity index (χ2n) is 21.8. The van der Waals surface area contributed by atoms with Gasteiger partial charge in [0.05, 0.1) is 6.61 Å². The lowest BCUT2D eigenvalue weighted by Crippen LogP contribution is -2.28. The summed E-state index contributed by atoms with van der Waals surface area (Å²) in [6, 6.07) is 0. The molecule has 0 aromatic heterocycles. The number of aliphatic hydroxyl groups is 1. The fourth-order valence-corrected chi connectivity index (χ4v) is 9.47. The van der Waals surface area contributed by atoms with E-state index in [2.05, 4.69) is 111 Å². The van der Waals surface area contributed by atoms with E-state index in [1.807, 2.05) is 0 Å². The van der Waals surface area contributed by atoms with Gasteiger partial charge in [0.25, 0.3) is 0 Å². The van der Waals surface area contributed by atoms with Gasteiger partial charge in [0.15, 0.2) is 6.10 Å². The molecule has 0 fully saturated rings. The zero-order chi connectivity index (χ0) is 54.8. The lowest BCUT2D eigenvalue weighted by Gasteiger charge is -2.15. The van der Waals surface area contributed by atoms with Crippen molar-refractivity contribution in [3.63, 3.8) is 0 Å². The number of carbonyl (C=O) groups excluding carboxylic acids is 2. The van der Waals surface area contributed by atoms with Gasteiger partial charge in [-0.25, -0.2) is 0 Å². The lowest BCUT2D eigenvalue weighted by molar-refractivity contribution is -0.161. The van der Waals surface area contributed by atoms with Gasteiger partial charge >= 0.3 is 11.9 Å². The summed E-state index contributed by atoms with van der Waals surface area (Å²) in [6.07, 6.45) is 94.2. The van der Waals surface area contributed by atoms with Crippen LogP contribution in [0, 0.1) is 0 Å². The van der Waals surface area contributed by atoms with Crippen LogP contribution in [0.25, 0.3) is 0 Å². The molecule has 1 unspecified atom stereocenters. The normalized spacial score (nSPS) is 12.8. The second kappa shape index (κ2) is 66.1. The molecule has 0 rings (SSSR count). The Labute approximate surface area is 472 Å². The van der Waals surface area contributed by atoms with E-state index in [0.29, 0.717) is 12.8 Å². The van der Waals surface area contributed by atoms with Gasteiger partial charge in [-0.3, -0.25) is 9.59 Å². The molecule has 0 heterocycles. The van der Waals surface area contributed by atoms with Crippen LogP contribution < -0.4 is 0 Å². The third kappa shape index (κ3) is 63.4. The van der Waals surface area contributed by atoms with Crippen molar-refractivity contribution in [1.29, 1.82) is 0 Å². The minimum absolute atomic E-state index is 0.0686. The quantitative estimate of drug-likeness (QED) is 0.0373. The summed E-state index contributed by atoms with van der Waals surface area (Å²) >= 11 is 0. The van der Waals surface area contributed by atoms with Crippen molar-refractivity contribution >= 4 is 11.9 Å². The predicted octanol–water partition coefficient (Wildman–Crippen LogP) is 22.6. The Morgan fingerprint density at radius 3 is 0.855 bits per heavy atom. The summed E-state index contributed by atoms with van der Waals surface area (Å²) in [4.78, 5) is 24.6. The van der Waals surface area contributed by atoms with E-state index >= 15 is 0 Å². The molecule has 5 nitrogen and oxygen atoms in total. The molecule has 0 aliphatic carbocycles. The maximum atomic E-state index is 12.3. The molecule has 1 atom stereocenters. The molecule has 0 saturated carbocycles. The summed E-state index contributed by atoms with van der Waals surface area (Å²) in [5.74, 6) is -0.586. The van der Waals surface area contributed by atoms with E-state index in [9.17, 15) is 14.7 Å². The number of aliphatic hydroxyl groups excluding tert-OH is 1. The van der Waals surface area contributed by atoms with Gasteiger partial charge < -0.3 is 14.6 Å². The average Bonchev–Trinajstić information content (AvgIpc) is 3.42. The Hall–Kier alpha value is -3.18. The highest BCUT2D eigenvalue weighted by molar-refractivity contribution is 5.70. The van der Waals surface area contributed by atoms with Crippen molar-refractivity contribution in [2.45, 2.75) is 328 Å². The Bertz CT molecular complexity index is 1430.